The number of ether oxygens (including phenoxy) is 1. The van der Waals surface area contributed by atoms with Gasteiger partial charge in [0.1, 0.15) is 17.0 Å². The molecule has 1 atom stereocenters. The minimum absolute atomic E-state index is 0.0104. The van der Waals surface area contributed by atoms with E-state index in [-0.39, 0.29) is 22.4 Å². The molecular weight excluding hydrogens is 314 g/mol. The minimum Gasteiger partial charge on any atom is -0.466 e. The Morgan fingerprint density at radius 2 is 1.88 bits per heavy atom. The summed E-state index contributed by atoms with van der Waals surface area (Å²) >= 11 is 0. The Labute approximate surface area is 136 Å². The van der Waals surface area contributed by atoms with Crippen molar-refractivity contribution >= 4 is 11.7 Å². The second kappa shape index (κ2) is 5.46. The van der Waals surface area contributed by atoms with Gasteiger partial charge >= 0.3 is 5.97 Å². The van der Waals surface area contributed by atoms with E-state index >= 15 is 0 Å². The van der Waals surface area contributed by atoms with Gasteiger partial charge in [-0.3, -0.25) is 0 Å². The summed E-state index contributed by atoms with van der Waals surface area (Å²) in [6.07, 6.45) is 0. The molecule has 0 unspecified atom stereocenters. The molecule has 120 valence electrons. The van der Waals surface area contributed by atoms with Crippen LogP contribution in [0, 0.1) is 23.0 Å². The molecule has 3 rings (SSSR count). The number of nitriles is 1. The average Bonchev–Trinajstić information content (AvgIpc) is 2.85. The number of hydrogen-bond acceptors (Lipinski definition) is 4. The lowest BCUT2D eigenvalue weighted by Gasteiger charge is -2.25. The Morgan fingerprint density at radius 3 is 2.46 bits per heavy atom. The molecule has 6 heteroatoms. The Bertz CT molecular complexity index is 914. The number of carbonyl (C=O) groups excluding carboxylic acids is 1. The summed E-state index contributed by atoms with van der Waals surface area (Å²) in [6.45, 7) is 0. The average molecular weight is 326 g/mol. The van der Waals surface area contributed by atoms with E-state index in [1.54, 1.807) is 0 Å². The van der Waals surface area contributed by atoms with Gasteiger partial charge in [-0.2, -0.15) is 5.26 Å². The van der Waals surface area contributed by atoms with Gasteiger partial charge in [0.05, 0.1) is 24.4 Å². The number of hydrogen-bond donors (Lipinski definition) is 1. The van der Waals surface area contributed by atoms with Gasteiger partial charge in [0, 0.05) is 5.56 Å². The number of halogens is 2. The van der Waals surface area contributed by atoms with Crippen molar-refractivity contribution in [2.45, 2.75) is 5.41 Å². The summed E-state index contributed by atoms with van der Waals surface area (Å²) in [4.78, 5) is 12.3. The molecule has 2 N–H and O–H groups in total. The highest BCUT2D eigenvalue weighted by atomic mass is 19.1. The van der Waals surface area contributed by atoms with Crippen LogP contribution in [0.25, 0.3) is 5.70 Å². The third-order valence-electron chi connectivity index (χ3n) is 4.17. The first-order chi connectivity index (χ1) is 11.5. The summed E-state index contributed by atoms with van der Waals surface area (Å²) in [6, 6.07) is 11.3. The monoisotopic (exact) mass is 326 g/mol. The van der Waals surface area contributed by atoms with Gasteiger partial charge in [0.25, 0.3) is 0 Å². The molecule has 0 aliphatic heterocycles. The Balaban J connectivity index is 2.43. The fourth-order valence-corrected chi connectivity index (χ4v) is 3.12. The molecule has 2 aromatic rings. The minimum atomic E-state index is -1.66. The standard InChI is InChI=1S/C18H12F2N2O2/c1-24-17(23)15-16(22)14-12(3-2-4-13(14)20)18(15,9-21)10-5-7-11(19)8-6-10/h2-8H,22H2,1H3/t18-/m0/s1. The molecule has 0 aromatic heterocycles. The third kappa shape index (κ3) is 1.91. The maximum Gasteiger partial charge on any atom is 0.338 e. The van der Waals surface area contributed by atoms with Crippen molar-refractivity contribution in [3.8, 4) is 6.07 Å². The van der Waals surface area contributed by atoms with Gasteiger partial charge in [-0.25, -0.2) is 13.6 Å². The highest BCUT2D eigenvalue weighted by Gasteiger charge is 2.51. The van der Waals surface area contributed by atoms with Gasteiger partial charge in [-0.1, -0.05) is 24.3 Å². The molecule has 24 heavy (non-hydrogen) atoms. The lowest BCUT2D eigenvalue weighted by molar-refractivity contribution is -0.136. The van der Waals surface area contributed by atoms with E-state index in [1.807, 2.05) is 0 Å². The number of nitrogens with two attached hydrogens (primary N) is 1. The molecular formula is C18H12F2N2O2. The number of esters is 1. The van der Waals surface area contributed by atoms with Gasteiger partial charge in [0.15, 0.2) is 0 Å². The van der Waals surface area contributed by atoms with Crippen LogP contribution < -0.4 is 5.73 Å². The van der Waals surface area contributed by atoms with Crippen LogP contribution >= 0.6 is 0 Å². The van der Waals surface area contributed by atoms with Crippen molar-refractivity contribution in [3.05, 3.63) is 76.4 Å². The van der Waals surface area contributed by atoms with Crippen molar-refractivity contribution in [1.29, 1.82) is 5.26 Å². The van der Waals surface area contributed by atoms with E-state index in [0.717, 1.165) is 19.2 Å². The fraction of sp³-hybridized carbons (Fsp3) is 0.111. The Kier molecular flexibility index (Phi) is 3.57. The molecule has 1 aliphatic carbocycles. The van der Waals surface area contributed by atoms with E-state index in [2.05, 4.69) is 6.07 Å². The smallest absolute Gasteiger partial charge is 0.338 e. The fourth-order valence-electron chi connectivity index (χ4n) is 3.12. The molecule has 0 bridgehead atoms. The zero-order chi connectivity index (χ0) is 17.5. The van der Waals surface area contributed by atoms with E-state index in [1.165, 1.54) is 30.3 Å². The van der Waals surface area contributed by atoms with Crippen molar-refractivity contribution in [1.82, 2.24) is 0 Å². The highest BCUT2D eigenvalue weighted by molar-refractivity contribution is 6.05. The first-order valence-electron chi connectivity index (χ1n) is 7.02. The number of benzene rings is 2. The zero-order valence-corrected chi connectivity index (χ0v) is 12.6. The lowest BCUT2D eigenvalue weighted by atomic mass is 9.73. The van der Waals surface area contributed by atoms with Crippen LogP contribution in [0.2, 0.25) is 0 Å². The van der Waals surface area contributed by atoms with Crippen molar-refractivity contribution < 1.29 is 18.3 Å². The third-order valence-corrected chi connectivity index (χ3v) is 4.17. The van der Waals surface area contributed by atoms with Gasteiger partial charge in [0.2, 0.25) is 0 Å². The summed E-state index contributed by atoms with van der Waals surface area (Å²) in [5.41, 5.74) is 4.54. The zero-order valence-electron chi connectivity index (χ0n) is 12.6. The van der Waals surface area contributed by atoms with Gasteiger partial charge in [-0.15, -0.1) is 0 Å². The molecule has 0 amide bonds. The topological polar surface area (TPSA) is 76.1 Å². The van der Waals surface area contributed by atoms with Crippen LogP contribution in [0.15, 0.2) is 48.0 Å². The van der Waals surface area contributed by atoms with Gasteiger partial charge < -0.3 is 10.5 Å². The summed E-state index contributed by atoms with van der Waals surface area (Å²) < 4.78 is 32.3. The van der Waals surface area contributed by atoms with Crippen LogP contribution in [0.3, 0.4) is 0 Å². The molecule has 4 nitrogen and oxygen atoms in total. The first-order valence-corrected chi connectivity index (χ1v) is 7.02. The van der Waals surface area contributed by atoms with Crippen LogP contribution in [0.5, 0.6) is 0 Å². The SMILES string of the molecule is COC(=O)C1=C(N)c2c(F)cccc2[C@]1(C#N)c1ccc(F)cc1. The van der Waals surface area contributed by atoms with E-state index in [4.69, 9.17) is 10.5 Å². The maximum absolute atomic E-state index is 14.3. The second-order valence-electron chi connectivity index (χ2n) is 5.31. The molecule has 0 saturated heterocycles. The largest absolute Gasteiger partial charge is 0.466 e. The predicted octanol–water partition coefficient (Wildman–Crippen LogP) is 2.63. The maximum atomic E-state index is 14.3. The van der Waals surface area contributed by atoms with Crippen molar-refractivity contribution in [3.63, 3.8) is 0 Å². The van der Waals surface area contributed by atoms with Crippen LogP contribution in [-0.4, -0.2) is 13.1 Å². The molecule has 0 fully saturated rings. The molecule has 0 radical (unpaired) electrons. The number of methoxy groups -OCH3 is 1. The van der Waals surface area contributed by atoms with Crippen molar-refractivity contribution in [2.24, 2.45) is 5.73 Å². The number of nitrogens with zero attached hydrogens (tertiary/aromatic N) is 1. The van der Waals surface area contributed by atoms with E-state index < -0.39 is 23.0 Å². The molecule has 0 saturated carbocycles. The number of carbonyl (C=O) groups is 1. The second-order valence-corrected chi connectivity index (χ2v) is 5.31. The summed E-state index contributed by atoms with van der Waals surface area (Å²) in [5.74, 6) is -1.99. The summed E-state index contributed by atoms with van der Waals surface area (Å²) in [5, 5.41) is 9.95. The van der Waals surface area contributed by atoms with Crippen LogP contribution in [0.4, 0.5) is 8.78 Å². The number of fused-ring (bicyclic) bond motifs is 1. The van der Waals surface area contributed by atoms with Crippen molar-refractivity contribution in [2.75, 3.05) is 7.11 Å². The highest BCUT2D eigenvalue weighted by Crippen LogP contribution is 2.49. The van der Waals surface area contributed by atoms with Crippen LogP contribution in [-0.2, 0) is 14.9 Å². The number of rotatable bonds is 2. The van der Waals surface area contributed by atoms with Crippen LogP contribution in [0.1, 0.15) is 16.7 Å². The Morgan fingerprint density at radius 1 is 1.21 bits per heavy atom. The van der Waals surface area contributed by atoms with E-state index in [0.29, 0.717) is 5.56 Å². The normalized spacial score (nSPS) is 18.9. The lowest BCUT2D eigenvalue weighted by Crippen LogP contribution is -2.31. The molecule has 0 heterocycles. The Hall–Kier alpha value is -3.20. The van der Waals surface area contributed by atoms with Gasteiger partial charge in [-0.05, 0) is 29.3 Å². The summed E-state index contributed by atoms with van der Waals surface area (Å²) in [7, 11) is 1.15. The molecule has 0 spiro atoms. The molecule has 2 aromatic carbocycles. The quantitative estimate of drug-likeness (QED) is 0.861. The van der Waals surface area contributed by atoms with E-state index in [9.17, 15) is 18.8 Å². The molecule has 1 aliphatic rings. The first kappa shape index (κ1) is 15.7. The predicted molar refractivity (Wildman–Crippen MR) is 82.3 cm³/mol.